The van der Waals surface area contributed by atoms with E-state index in [1.54, 1.807) is 0 Å². The van der Waals surface area contributed by atoms with Crippen LogP contribution in [0.1, 0.15) is 26.7 Å². The van der Waals surface area contributed by atoms with E-state index in [1.165, 1.54) is 12.3 Å². The molecule has 0 aliphatic carbocycles. The maximum atomic E-state index is 11.8. The number of nitrogens with zero attached hydrogens (tertiary/aromatic N) is 2. The van der Waals surface area contributed by atoms with Gasteiger partial charge in [-0.05, 0) is 12.8 Å². The summed E-state index contributed by atoms with van der Waals surface area (Å²) in [5, 5.41) is 15.1. The third-order valence-electron chi connectivity index (χ3n) is 2.54. The second-order valence-electron chi connectivity index (χ2n) is 3.24. The van der Waals surface area contributed by atoms with Crippen LogP contribution in [-0.4, -0.2) is 11.1 Å². The molecule has 5 nitrogen and oxygen atoms in total. The van der Waals surface area contributed by atoms with Gasteiger partial charge in [-0.1, -0.05) is 19.0 Å². The quantitative estimate of drug-likeness (QED) is 0.818. The van der Waals surface area contributed by atoms with Crippen molar-refractivity contribution in [3.05, 3.63) is 12.3 Å². The zero-order valence-electron chi connectivity index (χ0n) is 8.78. The van der Waals surface area contributed by atoms with Crippen LogP contribution < -0.4 is 5.32 Å². The molecular formula is C10H13N3O2. The topological polar surface area (TPSA) is 78.9 Å². The van der Waals surface area contributed by atoms with Crippen LogP contribution in [0.2, 0.25) is 0 Å². The highest BCUT2D eigenvalue weighted by atomic mass is 16.5. The molecule has 0 saturated carbocycles. The highest BCUT2D eigenvalue weighted by Crippen LogP contribution is 2.26. The van der Waals surface area contributed by atoms with Gasteiger partial charge in [0.25, 0.3) is 0 Å². The molecule has 1 rings (SSSR count). The second kappa shape index (κ2) is 4.60. The zero-order valence-corrected chi connectivity index (χ0v) is 8.78. The number of carbonyl (C=O) groups is 1. The summed E-state index contributed by atoms with van der Waals surface area (Å²) in [6.45, 7) is 3.63. The van der Waals surface area contributed by atoms with Gasteiger partial charge in [-0.3, -0.25) is 4.79 Å². The fourth-order valence-corrected chi connectivity index (χ4v) is 1.29. The molecule has 0 saturated heterocycles. The first-order valence-corrected chi connectivity index (χ1v) is 4.81. The lowest BCUT2D eigenvalue weighted by atomic mass is 9.83. The van der Waals surface area contributed by atoms with E-state index in [-0.39, 0.29) is 5.91 Å². The molecule has 1 amide bonds. The Balaban J connectivity index is 2.79. The zero-order chi connectivity index (χ0) is 11.3. The molecular weight excluding hydrogens is 194 g/mol. The normalized spacial score (nSPS) is 10.7. The number of hydrogen-bond donors (Lipinski definition) is 1. The van der Waals surface area contributed by atoms with Gasteiger partial charge in [-0.15, -0.1) is 0 Å². The van der Waals surface area contributed by atoms with Gasteiger partial charge >= 0.3 is 0 Å². The van der Waals surface area contributed by atoms with Crippen LogP contribution in [0.25, 0.3) is 0 Å². The van der Waals surface area contributed by atoms with E-state index in [0.717, 1.165) is 0 Å². The lowest BCUT2D eigenvalue weighted by Gasteiger charge is -2.20. The molecule has 80 valence electrons. The molecule has 0 spiro atoms. The first-order chi connectivity index (χ1) is 7.18. The molecule has 0 aliphatic heterocycles. The van der Waals surface area contributed by atoms with Crippen LogP contribution >= 0.6 is 0 Å². The molecule has 1 N–H and O–H groups in total. The second-order valence-corrected chi connectivity index (χ2v) is 3.24. The standard InChI is InChI=1S/C10H13N3O2/c1-3-10(4-2,7-11)9(14)12-8-5-6-15-13-8/h5-6H,3-4H2,1-2H3,(H,12,13,14). The van der Waals surface area contributed by atoms with E-state index < -0.39 is 5.41 Å². The maximum absolute atomic E-state index is 11.8. The summed E-state index contributed by atoms with van der Waals surface area (Å²) >= 11 is 0. The van der Waals surface area contributed by atoms with E-state index in [2.05, 4.69) is 21.1 Å². The van der Waals surface area contributed by atoms with Gasteiger partial charge in [0.05, 0.1) is 6.07 Å². The number of rotatable bonds is 4. The van der Waals surface area contributed by atoms with Gasteiger partial charge in [-0.25, -0.2) is 0 Å². The van der Waals surface area contributed by atoms with E-state index in [9.17, 15) is 4.79 Å². The summed E-state index contributed by atoms with van der Waals surface area (Å²) in [7, 11) is 0. The average Bonchev–Trinajstić information content (AvgIpc) is 2.74. The molecule has 1 aromatic heterocycles. The van der Waals surface area contributed by atoms with E-state index in [0.29, 0.717) is 18.7 Å². The van der Waals surface area contributed by atoms with E-state index in [1.807, 2.05) is 13.8 Å². The Morgan fingerprint density at radius 2 is 2.33 bits per heavy atom. The van der Waals surface area contributed by atoms with Crippen molar-refractivity contribution in [1.29, 1.82) is 5.26 Å². The van der Waals surface area contributed by atoms with Crippen LogP contribution in [0.15, 0.2) is 16.9 Å². The van der Waals surface area contributed by atoms with Crippen LogP contribution in [-0.2, 0) is 4.79 Å². The minimum atomic E-state index is -0.973. The molecule has 0 aromatic carbocycles. The van der Waals surface area contributed by atoms with Crippen molar-refractivity contribution in [2.24, 2.45) is 5.41 Å². The summed E-state index contributed by atoms with van der Waals surface area (Å²) in [5.74, 6) is 0.00502. The smallest absolute Gasteiger partial charge is 0.246 e. The minimum Gasteiger partial charge on any atom is -0.363 e. The van der Waals surface area contributed by atoms with Crippen molar-refractivity contribution >= 4 is 11.7 Å². The third-order valence-corrected chi connectivity index (χ3v) is 2.54. The Morgan fingerprint density at radius 1 is 1.67 bits per heavy atom. The molecule has 15 heavy (non-hydrogen) atoms. The van der Waals surface area contributed by atoms with Gasteiger partial charge in [0.1, 0.15) is 11.7 Å². The fourth-order valence-electron chi connectivity index (χ4n) is 1.29. The number of carbonyl (C=O) groups excluding carboxylic acids is 1. The van der Waals surface area contributed by atoms with E-state index >= 15 is 0 Å². The summed E-state index contributed by atoms with van der Waals surface area (Å²) in [6, 6.07) is 3.59. The van der Waals surface area contributed by atoms with Crippen molar-refractivity contribution in [2.75, 3.05) is 5.32 Å². The van der Waals surface area contributed by atoms with E-state index in [4.69, 9.17) is 5.26 Å². The Labute approximate surface area is 88.1 Å². The van der Waals surface area contributed by atoms with Crippen molar-refractivity contribution in [1.82, 2.24) is 5.16 Å². The number of amides is 1. The molecule has 0 unspecified atom stereocenters. The maximum Gasteiger partial charge on any atom is 0.246 e. The van der Waals surface area contributed by atoms with Crippen molar-refractivity contribution in [2.45, 2.75) is 26.7 Å². The van der Waals surface area contributed by atoms with Gasteiger partial charge in [0.2, 0.25) is 5.91 Å². The highest BCUT2D eigenvalue weighted by molar-refractivity contribution is 5.96. The molecule has 1 heterocycles. The van der Waals surface area contributed by atoms with Gasteiger partial charge < -0.3 is 9.84 Å². The Hall–Kier alpha value is -1.83. The molecule has 1 aromatic rings. The number of nitrogens with one attached hydrogen (secondary N) is 1. The molecule has 0 bridgehead atoms. The molecule has 0 radical (unpaired) electrons. The minimum absolute atomic E-state index is 0.330. The summed E-state index contributed by atoms with van der Waals surface area (Å²) < 4.78 is 4.58. The monoisotopic (exact) mass is 207 g/mol. The number of aromatic nitrogens is 1. The number of nitriles is 1. The molecule has 0 atom stereocenters. The van der Waals surface area contributed by atoms with Gasteiger partial charge in [0, 0.05) is 6.07 Å². The lowest BCUT2D eigenvalue weighted by molar-refractivity contribution is -0.123. The van der Waals surface area contributed by atoms with Crippen LogP contribution in [0.3, 0.4) is 0 Å². The van der Waals surface area contributed by atoms with Gasteiger partial charge in [-0.2, -0.15) is 5.26 Å². The fraction of sp³-hybridized carbons (Fsp3) is 0.500. The SMILES string of the molecule is CCC(C#N)(CC)C(=O)Nc1ccon1. The Kier molecular flexibility index (Phi) is 3.45. The average molecular weight is 207 g/mol. The van der Waals surface area contributed by atoms with Crippen molar-refractivity contribution in [3.8, 4) is 6.07 Å². The molecule has 5 heteroatoms. The van der Waals surface area contributed by atoms with Crippen molar-refractivity contribution < 1.29 is 9.32 Å². The van der Waals surface area contributed by atoms with Crippen LogP contribution in [0, 0.1) is 16.7 Å². The Morgan fingerprint density at radius 3 is 2.73 bits per heavy atom. The first-order valence-electron chi connectivity index (χ1n) is 4.81. The summed E-state index contributed by atoms with van der Waals surface area (Å²) in [6.07, 6.45) is 2.31. The predicted octanol–water partition coefficient (Wildman–Crippen LogP) is 1.94. The highest BCUT2D eigenvalue weighted by Gasteiger charge is 2.35. The predicted molar refractivity (Wildman–Crippen MR) is 53.8 cm³/mol. The largest absolute Gasteiger partial charge is 0.363 e. The van der Waals surface area contributed by atoms with Crippen LogP contribution in [0.4, 0.5) is 5.82 Å². The van der Waals surface area contributed by atoms with Gasteiger partial charge in [0.15, 0.2) is 5.82 Å². The number of anilines is 1. The molecule has 0 aliphatic rings. The Bertz CT molecular complexity index is 361. The summed E-state index contributed by atoms with van der Waals surface area (Å²) in [4.78, 5) is 11.8. The van der Waals surface area contributed by atoms with Crippen LogP contribution in [0.5, 0.6) is 0 Å². The van der Waals surface area contributed by atoms with Crippen molar-refractivity contribution in [3.63, 3.8) is 0 Å². The third kappa shape index (κ3) is 2.15. The number of hydrogen-bond acceptors (Lipinski definition) is 4. The summed E-state index contributed by atoms with van der Waals surface area (Å²) in [5.41, 5.74) is -0.973. The lowest BCUT2D eigenvalue weighted by Crippen LogP contribution is -2.34. The molecule has 0 fully saturated rings. The first kappa shape index (κ1) is 11.2.